The monoisotopic (exact) mass is 306 g/mol. The van der Waals surface area contributed by atoms with E-state index in [1.807, 2.05) is 11.9 Å². The van der Waals surface area contributed by atoms with Crippen molar-refractivity contribution in [3.8, 4) is 5.75 Å². The molecule has 4 nitrogen and oxygen atoms in total. The van der Waals surface area contributed by atoms with Crippen LogP contribution in [0.4, 0.5) is 4.39 Å². The van der Waals surface area contributed by atoms with Crippen molar-refractivity contribution in [3.63, 3.8) is 0 Å². The second-order valence-corrected chi connectivity index (χ2v) is 6.29. The van der Waals surface area contributed by atoms with E-state index in [1.165, 1.54) is 12.1 Å². The summed E-state index contributed by atoms with van der Waals surface area (Å²) in [7, 11) is 1.93. The van der Waals surface area contributed by atoms with Crippen molar-refractivity contribution in [1.29, 1.82) is 0 Å². The fourth-order valence-electron chi connectivity index (χ4n) is 3.44. The van der Waals surface area contributed by atoms with Gasteiger partial charge in [0.25, 0.3) is 0 Å². The van der Waals surface area contributed by atoms with Gasteiger partial charge in [-0.2, -0.15) is 0 Å². The van der Waals surface area contributed by atoms with E-state index < -0.39 is 0 Å². The Kier molecular flexibility index (Phi) is 4.62. The van der Waals surface area contributed by atoms with E-state index in [1.54, 1.807) is 12.1 Å². The minimum atomic E-state index is -0.249. The predicted molar refractivity (Wildman–Crippen MR) is 82.2 cm³/mol. The zero-order chi connectivity index (χ0) is 15.5. The minimum Gasteiger partial charge on any atom is -0.494 e. The van der Waals surface area contributed by atoms with Gasteiger partial charge in [0.15, 0.2) is 0 Å². The summed E-state index contributed by atoms with van der Waals surface area (Å²) in [5, 5.41) is 0. The molecule has 120 valence electrons. The van der Waals surface area contributed by atoms with Crippen LogP contribution in [0.2, 0.25) is 0 Å². The number of hydrogen-bond acceptors (Lipinski definition) is 3. The van der Waals surface area contributed by atoms with Gasteiger partial charge < -0.3 is 14.5 Å². The first-order valence-electron chi connectivity index (χ1n) is 8.01. The van der Waals surface area contributed by atoms with Crippen LogP contribution in [0.15, 0.2) is 24.3 Å². The van der Waals surface area contributed by atoms with Crippen molar-refractivity contribution in [2.24, 2.45) is 5.92 Å². The van der Waals surface area contributed by atoms with Crippen LogP contribution in [0.25, 0.3) is 0 Å². The third-order valence-corrected chi connectivity index (χ3v) is 4.74. The fourth-order valence-corrected chi connectivity index (χ4v) is 3.44. The Labute approximate surface area is 130 Å². The lowest BCUT2D eigenvalue weighted by Gasteiger charge is -2.32. The van der Waals surface area contributed by atoms with Crippen molar-refractivity contribution in [2.75, 3.05) is 33.3 Å². The molecule has 5 heteroatoms. The van der Waals surface area contributed by atoms with Crippen molar-refractivity contribution in [1.82, 2.24) is 9.80 Å². The van der Waals surface area contributed by atoms with E-state index in [2.05, 4.69) is 4.90 Å². The van der Waals surface area contributed by atoms with Crippen molar-refractivity contribution >= 4 is 5.91 Å². The molecule has 1 amide bonds. The Hall–Kier alpha value is -1.62. The summed E-state index contributed by atoms with van der Waals surface area (Å²) in [4.78, 5) is 16.5. The van der Waals surface area contributed by atoms with Crippen LogP contribution in [-0.4, -0.2) is 55.0 Å². The smallest absolute Gasteiger partial charge is 0.227 e. The molecule has 1 aromatic rings. The van der Waals surface area contributed by atoms with Crippen LogP contribution in [0.3, 0.4) is 0 Å². The largest absolute Gasteiger partial charge is 0.494 e. The molecule has 0 N–H and O–H groups in total. The van der Waals surface area contributed by atoms with Gasteiger partial charge >= 0.3 is 0 Å². The Morgan fingerprint density at radius 2 is 2.00 bits per heavy atom. The number of halogens is 1. The highest BCUT2D eigenvalue weighted by Crippen LogP contribution is 2.27. The number of hydrogen-bond donors (Lipinski definition) is 0. The van der Waals surface area contributed by atoms with Gasteiger partial charge in [0.05, 0.1) is 12.5 Å². The molecule has 0 saturated carbocycles. The molecule has 1 aromatic carbocycles. The summed E-state index contributed by atoms with van der Waals surface area (Å²) in [6.45, 7) is 3.39. The van der Waals surface area contributed by atoms with E-state index in [4.69, 9.17) is 4.74 Å². The number of fused-ring (bicyclic) bond motifs is 4. The van der Waals surface area contributed by atoms with E-state index in [0.29, 0.717) is 24.3 Å². The number of piperidine rings is 1. The van der Waals surface area contributed by atoms with Crippen molar-refractivity contribution in [3.05, 3.63) is 30.1 Å². The number of amides is 1. The molecule has 0 aromatic heterocycles. The van der Waals surface area contributed by atoms with Crippen LogP contribution >= 0.6 is 0 Å². The molecule has 4 rings (SSSR count). The van der Waals surface area contributed by atoms with Gasteiger partial charge in [-0.05, 0) is 43.5 Å². The molecule has 3 aliphatic heterocycles. The maximum atomic E-state index is 12.8. The molecule has 2 atom stereocenters. The van der Waals surface area contributed by atoms with Gasteiger partial charge in [0.1, 0.15) is 11.6 Å². The zero-order valence-corrected chi connectivity index (χ0v) is 13.0. The molecule has 0 spiro atoms. The van der Waals surface area contributed by atoms with E-state index >= 15 is 0 Å². The van der Waals surface area contributed by atoms with Crippen LogP contribution < -0.4 is 4.74 Å². The van der Waals surface area contributed by atoms with Crippen LogP contribution in [0, 0.1) is 11.7 Å². The third-order valence-electron chi connectivity index (χ3n) is 4.74. The summed E-state index contributed by atoms with van der Waals surface area (Å²) in [6.07, 6.45) is 3.06. The van der Waals surface area contributed by atoms with Crippen molar-refractivity contribution < 1.29 is 13.9 Å². The first-order chi connectivity index (χ1) is 10.6. The average molecular weight is 306 g/mol. The van der Waals surface area contributed by atoms with Gasteiger partial charge in [0, 0.05) is 32.7 Å². The van der Waals surface area contributed by atoms with Crippen LogP contribution in [0.5, 0.6) is 5.75 Å². The quantitative estimate of drug-likeness (QED) is 0.782. The normalized spacial score (nSPS) is 25.4. The Morgan fingerprint density at radius 1 is 1.23 bits per heavy atom. The van der Waals surface area contributed by atoms with E-state index in [9.17, 15) is 9.18 Å². The molecule has 3 saturated heterocycles. The molecule has 3 fully saturated rings. The molecule has 3 heterocycles. The lowest BCUT2D eigenvalue weighted by Crippen LogP contribution is -2.45. The first-order valence-corrected chi connectivity index (χ1v) is 8.01. The lowest BCUT2D eigenvalue weighted by atomic mass is 9.95. The van der Waals surface area contributed by atoms with Gasteiger partial charge in [-0.3, -0.25) is 4.79 Å². The van der Waals surface area contributed by atoms with Gasteiger partial charge in [-0.1, -0.05) is 0 Å². The molecule has 0 aliphatic carbocycles. The number of nitrogens with zero attached hydrogens (tertiary/aromatic N) is 2. The molecule has 22 heavy (non-hydrogen) atoms. The maximum absolute atomic E-state index is 12.8. The number of carbonyl (C=O) groups is 1. The van der Waals surface area contributed by atoms with E-state index in [-0.39, 0.29) is 11.7 Å². The average Bonchev–Trinajstić information content (AvgIpc) is 2.79. The van der Waals surface area contributed by atoms with Gasteiger partial charge in [-0.25, -0.2) is 4.39 Å². The lowest BCUT2D eigenvalue weighted by molar-refractivity contribution is -0.138. The number of carbonyl (C=O) groups excluding carboxylic acids is 1. The molecule has 3 aliphatic rings. The van der Waals surface area contributed by atoms with Crippen LogP contribution in [0.1, 0.15) is 19.3 Å². The van der Waals surface area contributed by atoms with E-state index in [0.717, 1.165) is 38.9 Å². The highest BCUT2D eigenvalue weighted by molar-refractivity contribution is 5.80. The summed E-state index contributed by atoms with van der Waals surface area (Å²) in [5.74, 6) is 0.927. The topological polar surface area (TPSA) is 32.8 Å². The maximum Gasteiger partial charge on any atom is 0.227 e. The summed E-state index contributed by atoms with van der Waals surface area (Å²) in [6, 6.07) is 6.47. The summed E-state index contributed by atoms with van der Waals surface area (Å²) < 4.78 is 18.4. The number of ether oxygens (including phenoxy) is 1. The first kappa shape index (κ1) is 15.3. The van der Waals surface area contributed by atoms with Gasteiger partial charge in [0.2, 0.25) is 5.91 Å². The molecule has 0 radical (unpaired) electrons. The fraction of sp³-hybridized carbons (Fsp3) is 0.588. The second-order valence-electron chi connectivity index (χ2n) is 6.29. The SMILES string of the molecule is CN1C(=O)[C@H]2CC[C@@H]1CN(CCCOc1ccc(F)cc1)C2. The highest BCUT2D eigenvalue weighted by Gasteiger charge is 2.38. The molecule has 0 unspecified atom stereocenters. The molecule has 2 bridgehead atoms. The Morgan fingerprint density at radius 3 is 2.77 bits per heavy atom. The third kappa shape index (κ3) is 3.40. The summed E-state index contributed by atoms with van der Waals surface area (Å²) >= 11 is 0. The molecular formula is C17H23FN2O2. The highest BCUT2D eigenvalue weighted by atomic mass is 19.1. The van der Waals surface area contributed by atoms with Crippen molar-refractivity contribution in [2.45, 2.75) is 25.3 Å². The minimum absolute atomic E-state index is 0.168. The predicted octanol–water partition coefficient (Wildman–Crippen LogP) is 2.15. The Balaban J connectivity index is 1.44. The van der Waals surface area contributed by atoms with Gasteiger partial charge in [-0.15, -0.1) is 0 Å². The number of rotatable bonds is 5. The standard InChI is InChI=1S/C17H23FN2O2/c1-19-15-6-3-13(17(19)21)11-20(12-15)9-2-10-22-16-7-4-14(18)5-8-16/h4-5,7-8,13,15H,2-3,6,9-12H2,1H3/t13-,15+/m0/s1. The second kappa shape index (κ2) is 6.65. The Bertz CT molecular complexity index is 520. The zero-order valence-electron chi connectivity index (χ0n) is 13.0. The number of likely N-dealkylation sites (N-methyl/N-ethyl adjacent to an activating group) is 1. The summed E-state index contributed by atoms with van der Waals surface area (Å²) in [5.41, 5.74) is 0. The number of benzene rings is 1. The molecular weight excluding hydrogens is 283 g/mol. The van der Waals surface area contributed by atoms with Crippen LogP contribution in [-0.2, 0) is 4.79 Å².